The summed E-state index contributed by atoms with van der Waals surface area (Å²) in [7, 11) is 0. The van der Waals surface area contributed by atoms with Crippen LogP contribution in [0.5, 0.6) is 0 Å². The second-order valence-electron chi connectivity index (χ2n) is 8.47. The summed E-state index contributed by atoms with van der Waals surface area (Å²) >= 11 is 5.10. The number of benzene rings is 2. The highest BCUT2D eigenvalue weighted by atomic mass is 79.9. The van der Waals surface area contributed by atoms with Crippen LogP contribution in [0.1, 0.15) is 45.2 Å². The third-order valence-electron chi connectivity index (χ3n) is 4.54. The quantitative estimate of drug-likeness (QED) is 0.491. The van der Waals surface area contributed by atoms with Crippen LogP contribution in [0.4, 0.5) is 0 Å². The lowest BCUT2D eigenvalue weighted by atomic mass is 10.1. The van der Waals surface area contributed by atoms with Crippen LogP contribution >= 0.6 is 27.7 Å². The number of hydrogen-bond acceptors (Lipinski definition) is 3. The molecule has 4 nitrogen and oxygen atoms in total. The van der Waals surface area contributed by atoms with Crippen molar-refractivity contribution in [2.75, 3.05) is 5.75 Å². The van der Waals surface area contributed by atoms with E-state index in [1.165, 1.54) is 5.56 Å². The van der Waals surface area contributed by atoms with Gasteiger partial charge >= 0.3 is 0 Å². The highest BCUT2D eigenvalue weighted by Gasteiger charge is 2.28. The zero-order chi connectivity index (χ0) is 22.3. The number of aryl methyl sites for hydroxylation is 1. The highest BCUT2D eigenvalue weighted by Crippen LogP contribution is 2.21. The topological polar surface area (TPSA) is 49.4 Å². The molecule has 0 saturated heterocycles. The van der Waals surface area contributed by atoms with Crippen molar-refractivity contribution in [3.8, 4) is 0 Å². The Morgan fingerprint density at radius 1 is 1.07 bits per heavy atom. The van der Waals surface area contributed by atoms with Crippen molar-refractivity contribution < 1.29 is 9.59 Å². The fraction of sp³-hybridized carbons (Fsp3) is 0.417. The molecule has 0 aliphatic rings. The van der Waals surface area contributed by atoms with E-state index in [-0.39, 0.29) is 17.4 Å². The van der Waals surface area contributed by atoms with Crippen LogP contribution in [0.15, 0.2) is 57.9 Å². The predicted octanol–water partition coefficient (Wildman–Crippen LogP) is 5.57. The molecule has 0 radical (unpaired) electrons. The lowest BCUT2D eigenvalue weighted by Gasteiger charge is -2.31. The van der Waals surface area contributed by atoms with E-state index in [0.29, 0.717) is 18.7 Å². The van der Waals surface area contributed by atoms with Crippen molar-refractivity contribution in [2.45, 2.75) is 64.1 Å². The normalized spacial score (nSPS) is 12.3. The van der Waals surface area contributed by atoms with Gasteiger partial charge in [0.05, 0.1) is 0 Å². The van der Waals surface area contributed by atoms with Crippen molar-refractivity contribution >= 4 is 39.5 Å². The van der Waals surface area contributed by atoms with E-state index in [1.54, 1.807) is 23.6 Å². The van der Waals surface area contributed by atoms with Crippen LogP contribution in [0.25, 0.3) is 0 Å². The first-order valence-electron chi connectivity index (χ1n) is 10.1. The third kappa shape index (κ3) is 8.15. The van der Waals surface area contributed by atoms with E-state index in [0.717, 1.165) is 14.9 Å². The van der Waals surface area contributed by atoms with E-state index in [1.807, 2.05) is 45.0 Å². The van der Waals surface area contributed by atoms with Crippen LogP contribution in [0.2, 0.25) is 0 Å². The number of thioether (sulfide) groups is 1. The number of amides is 2. The Kier molecular flexibility index (Phi) is 8.98. The summed E-state index contributed by atoms with van der Waals surface area (Å²) in [5.74, 6) is 0.514. The molecular formula is C24H31BrN2O2S. The van der Waals surface area contributed by atoms with Crippen LogP contribution in [-0.4, -0.2) is 34.0 Å². The molecule has 2 aromatic carbocycles. The average Bonchev–Trinajstić information content (AvgIpc) is 2.67. The van der Waals surface area contributed by atoms with Gasteiger partial charge in [0.15, 0.2) is 0 Å². The van der Waals surface area contributed by atoms with Gasteiger partial charge in [-0.05, 0) is 64.4 Å². The fourth-order valence-corrected chi connectivity index (χ4v) is 3.98. The molecule has 0 aromatic heterocycles. The maximum atomic E-state index is 13.1. The summed E-state index contributed by atoms with van der Waals surface area (Å²) in [6.07, 6.45) is 0.377. The zero-order valence-corrected chi connectivity index (χ0v) is 20.8. The molecule has 0 aliphatic carbocycles. The number of nitrogens with zero attached hydrogens (tertiary/aromatic N) is 1. The van der Waals surface area contributed by atoms with Gasteiger partial charge in [0.2, 0.25) is 11.8 Å². The van der Waals surface area contributed by atoms with Gasteiger partial charge in [0, 0.05) is 33.6 Å². The van der Waals surface area contributed by atoms with E-state index >= 15 is 0 Å². The van der Waals surface area contributed by atoms with Crippen LogP contribution in [0, 0.1) is 6.92 Å². The van der Waals surface area contributed by atoms with Gasteiger partial charge in [0.1, 0.15) is 6.04 Å². The summed E-state index contributed by atoms with van der Waals surface area (Å²) in [5.41, 5.74) is 1.86. The van der Waals surface area contributed by atoms with Gasteiger partial charge in [0.25, 0.3) is 0 Å². The molecule has 1 N–H and O–H groups in total. The molecule has 1 atom stereocenters. The van der Waals surface area contributed by atoms with Crippen LogP contribution < -0.4 is 5.32 Å². The molecule has 6 heteroatoms. The maximum absolute atomic E-state index is 13.1. The van der Waals surface area contributed by atoms with E-state index < -0.39 is 6.04 Å². The largest absolute Gasteiger partial charge is 0.350 e. The zero-order valence-electron chi connectivity index (χ0n) is 18.4. The van der Waals surface area contributed by atoms with Crippen molar-refractivity contribution in [1.82, 2.24) is 10.2 Å². The van der Waals surface area contributed by atoms with Gasteiger partial charge in [-0.1, -0.05) is 45.8 Å². The Morgan fingerprint density at radius 2 is 1.67 bits per heavy atom. The first-order valence-corrected chi connectivity index (χ1v) is 11.9. The predicted molar refractivity (Wildman–Crippen MR) is 129 cm³/mol. The Hall–Kier alpha value is -1.79. The lowest BCUT2D eigenvalue weighted by Crippen LogP contribution is -2.52. The number of halogens is 1. The molecule has 162 valence electrons. The highest BCUT2D eigenvalue weighted by molar-refractivity contribution is 9.10. The SMILES string of the molecule is Cc1ccc(SCCC(=O)N(Cc2ccc(Br)cc2)C(C)C(=O)NC(C)(C)C)cc1. The summed E-state index contributed by atoms with van der Waals surface area (Å²) in [6, 6.07) is 15.6. The first-order chi connectivity index (χ1) is 14.0. The van der Waals surface area contributed by atoms with Crippen molar-refractivity contribution in [2.24, 2.45) is 0 Å². The first kappa shape index (κ1) is 24.5. The molecule has 1 unspecified atom stereocenters. The standard InChI is InChI=1S/C24H31BrN2O2S/c1-17-6-12-21(13-7-17)30-15-14-22(28)27(16-19-8-10-20(25)11-9-19)18(2)23(29)26-24(3,4)5/h6-13,18H,14-16H2,1-5H3,(H,26,29). The Labute approximate surface area is 192 Å². The monoisotopic (exact) mass is 490 g/mol. The number of hydrogen-bond donors (Lipinski definition) is 1. The summed E-state index contributed by atoms with van der Waals surface area (Å²) in [6.45, 7) is 10.1. The van der Waals surface area contributed by atoms with Gasteiger partial charge in [-0.15, -0.1) is 11.8 Å². The molecule has 0 heterocycles. The molecule has 30 heavy (non-hydrogen) atoms. The molecule has 2 amide bonds. The third-order valence-corrected chi connectivity index (χ3v) is 6.08. The average molecular weight is 491 g/mol. The minimum Gasteiger partial charge on any atom is -0.350 e. The Bertz CT molecular complexity index is 845. The minimum absolute atomic E-state index is 0.0194. The number of rotatable bonds is 8. The van der Waals surface area contributed by atoms with Crippen molar-refractivity contribution in [1.29, 1.82) is 0 Å². The summed E-state index contributed by atoms with van der Waals surface area (Å²) in [5, 5.41) is 2.99. The molecule has 2 rings (SSSR count). The summed E-state index contributed by atoms with van der Waals surface area (Å²) < 4.78 is 0.983. The molecule has 0 aliphatic heterocycles. The maximum Gasteiger partial charge on any atom is 0.242 e. The Morgan fingerprint density at radius 3 is 2.23 bits per heavy atom. The minimum atomic E-state index is -0.551. The molecule has 0 spiro atoms. The van der Waals surface area contributed by atoms with E-state index in [2.05, 4.69) is 52.4 Å². The van der Waals surface area contributed by atoms with Crippen LogP contribution in [-0.2, 0) is 16.1 Å². The molecular weight excluding hydrogens is 460 g/mol. The Balaban J connectivity index is 2.08. The molecule has 2 aromatic rings. The second-order valence-corrected chi connectivity index (χ2v) is 10.6. The number of carbonyl (C=O) groups is 2. The van der Waals surface area contributed by atoms with Gasteiger partial charge in [-0.25, -0.2) is 0 Å². The van der Waals surface area contributed by atoms with Crippen molar-refractivity contribution in [3.05, 3.63) is 64.1 Å². The van der Waals surface area contributed by atoms with Gasteiger partial charge in [-0.2, -0.15) is 0 Å². The second kappa shape index (κ2) is 11.0. The molecule has 0 fully saturated rings. The van der Waals surface area contributed by atoms with Gasteiger partial charge in [-0.3, -0.25) is 9.59 Å². The summed E-state index contributed by atoms with van der Waals surface area (Å²) in [4.78, 5) is 28.7. The van der Waals surface area contributed by atoms with E-state index in [9.17, 15) is 9.59 Å². The molecule has 0 saturated carbocycles. The van der Waals surface area contributed by atoms with Gasteiger partial charge < -0.3 is 10.2 Å². The van der Waals surface area contributed by atoms with Crippen molar-refractivity contribution in [3.63, 3.8) is 0 Å². The smallest absolute Gasteiger partial charge is 0.242 e. The van der Waals surface area contributed by atoms with E-state index in [4.69, 9.17) is 0 Å². The van der Waals surface area contributed by atoms with Crippen LogP contribution in [0.3, 0.4) is 0 Å². The number of nitrogens with one attached hydrogen (secondary N) is 1. The molecule has 0 bridgehead atoms. The lowest BCUT2D eigenvalue weighted by molar-refractivity contribution is -0.140. The number of carbonyl (C=O) groups excluding carboxylic acids is 2. The fourth-order valence-electron chi connectivity index (χ4n) is 2.88.